The lowest BCUT2D eigenvalue weighted by atomic mass is 9.68. The molecule has 0 saturated heterocycles. The van der Waals surface area contributed by atoms with Gasteiger partial charge in [-0.2, -0.15) is 10.5 Å². The highest BCUT2D eigenvalue weighted by atomic mass is 16.5. The Labute approximate surface area is 222 Å². The number of carbonyl (C=O) groups is 1. The number of rotatable bonds is 7. The Morgan fingerprint density at radius 1 is 0.842 bits per heavy atom. The van der Waals surface area contributed by atoms with Gasteiger partial charge in [-0.25, -0.2) is 9.97 Å². The van der Waals surface area contributed by atoms with E-state index < -0.39 is 11.3 Å². The number of carbonyl (C=O) groups excluding carboxylic acids is 1. The van der Waals surface area contributed by atoms with Crippen LogP contribution in [0, 0.1) is 28.6 Å². The van der Waals surface area contributed by atoms with Crippen molar-refractivity contribution in [3.63, 3.8) is 0 Å². The lowest BCUT2D eigenvalue weighted by molar-refractivity contribution is -0.139. The molecule has 0 amide bonds. The summed E-state index contributed by atoms with van der Waals surface area (Å²) in [6.45, 7) is 4.02. The number of aromatic nitrogens is 2. The van der Waals surface area contributed by atoms with Crippen LogP contribution >= 0.6 is 0 Å². The van der Waals surface area contributed by atoms with Crippen LogP contribution in [0.4, 0.5) is 0 Å². The van der Waals surface area contributed by atoms with E-state index in [0.29, 0.717) is 30.0 Å². The standard InChI is InChI=1S/C32H26N4O2/c1-21(23-11-5-3-6-12-23)17-32(18-22(2)31(37)38-24-13-7-4-8-14-24)26-16-10-9-15-25(26)29-30(32)36-28(20-34)27(19-33)35-29/h3-16,21-22H,17-18H2,1-2H3/t21-,22-,32?/m0/s1. The first-order valence-corrected chi connectivity index (χ1v) is 12.6. The largest absolute Gasteiger partial charge is 0.426 e. The minimum absolute atomic E-state index is 0.00416. The summed E-state index contributed by atoms with van der Waals surface area (Å²) >= 11 is 0. The average Bonchev–Trinajstić information content (AvgIpc) is 3.21. The summed E-state index contributed by atoms with van der Waals surface area (Å²) in [7, 11) is 0. The number of nitriles is 2. The van der Waals surface area contributed by atoms with Gasteiger partial charge in [0.25, 0.3) is 0 Å². The quantitative estimate of drug-likeness (QED) is 0.219. The minimum atomic E-state index is -0.719. The summed E-state index contributed by atoms with van der Waals surface area (Å²) in [6, 6.07) is 31.2. The van der Waals surface area contributed by atoms with Gasteiger partial charge in [-0.1, -0.05) is 86.6 Å². The van der Waals surface area contributed by atoms with Gasteiger partial charge in [0.2, 0.25) is 0 Å². The minimum Gasteiger partial charge on any atom is -0.426 e. The lowest BCUT2D eigenvalue weighted by Gasteiger charge is -2.35. The summed E-state index contributed by atoms with van der Waals surface area (Å²) in [5.41, 5.74) is 3.55. The number of fused-ring (bicyclic) bond motifs is 3. The second kappa shape index (κ2) is 10.3. The second-order valence-electron chi connectivity index (χ2n) is 9.82. The zero-order valence-electron chi connectivity index (χ0n) is 21.3. The van der Waals surface area contributed by atoms with Crippen molar-refractivity contribution >= 4 is 5.97 Å². The highest BCUT2D eigenvalue weighted by Gasteiger charge is 2.48. The van der Waals surface area contributed by atoms with Crippen LogP contribution in [0.15, 0.2) is 84.9 Å². The van der Waals surface area contributed by atoms with Gasteiger partial charge in [0.15, 0.2) is 11.4 Å². The van der Waals surface area contributed by atoms with Gasteiger partial charge in [-0.05, 0) is 42.0 Å². The molecule has 0 radical (unpaired) electrons. The first-order valence-electron chi connectivity index (χ1n) is 12.6. The van der Waals surface area contributed by atoms with Crippen molar-refractivity contribution in [3.05, 3.63) is 113 Å². The molecule has 1 aliphatic rings. The molecule has 1 aromatic heterocycles. The highest BCUT2D eigenvalue weighted by Crippen LogP contribution is 2.54. The summed E-state index contributed by atoms with van der Waals surface area (Å²) in [6.07, 6.45) is 1.04. The number of ether oxygens (including phenoxy) is 1. The van der Waals surface area contributed by atoms with Gasteiger partial charge in [0, 0.05) is 11.0 Å². The molecule has 38 heavy (non-hydrogen) atoms. The zero-order chi connectivity index (χ0) is 26.7. The third kappa shape index (κ3) is 4.42. The van der Waals surface area contributed by atoms with E-state index >= 15 is 0 Å². The van der Waals surface area contributed by atoms with Crippen molar-refractivity contribution in [1.29, 1.82) is 10.5 Å². The Bertz CT molecular complexity index is 1570. The van der Waals surface area contributed by atoms with Crippen LogP contribution in [0.2, 0.25) is 0 Å². The molecular weight excluding hydrogens is 472 g/mol. The van der Waals surface area contributed by atoms with E-state index in [1.54, 1.807) is 12.1 Å². The molecule has 0 fully saturated rings. The molecule has 1 heterocycles. The van der Waals surface area contributed by atoms with Crippen LogP contribution in [0.3, 0.4) is 0 Å². The number of hydrogen-bond donors (Lipinski definition) is 0. The van der Waals surface area contributed by atoms with E-state index in [1.165, 1.54) is 5.56 Å². The number of hydrogen-bond acceptors (Lipinski definition) is 6. The molecule has 0 N–H and O–H groups in total. The molecule has 0 aliphatic heterocycles. The molecule has 3 atom stereocenters. The first-order chi connectivity index (χ1) is 18.5. The van der Waals surface area contributed by atoms with Crippen LogP contribution in [-0.4, -0.2) is 15.9 Å². The average molecular weight is 499 g/mol. The van der Waals surface area contributed by atoms with Crippen molar-refractivity contribution in [2.45, 2.75) is 38.0 Å². The van der Waals surface area contributed by atoms with Gasteiger partial charge in [0.05, 0.1) is 17.3 Å². The maximum atomic E-state index is 13.3. The Hall–Kier alpha value is -4.81. The fraction of sp³-hybridized carbons (Fsp3) is 0.219. The molecule has 6 heteroatoms. The van der Waals surface area contributed by atoms with E-state index in [9.17, 15) is 15.3 Å². The zero-order valence-corrected chi connectivity index (χ0v) is 21.3. The molecule has 0 spiro atoms. The first kappa shape index (κ1) is 24.9. The van der Waals surface area contributed by atoms with Crippen LogP contribution in [-0.2, 0) is 10.2 Å². The van der Waals surface area contributed by atoms with Gasteiger partial charge >= 0.3 is 5.97 Å². The summed E-state index contributed by atoms with van der Waals surface area (Å²) < 4.78 is 5.71. The predicted octanol–water partition coefficient (Wildman–Crippen LogP) is 6.31. The fourth-order valence-corrected chi connectivity index (χ4v) is 5.58. The van der Waals surface area contributed by atoms with E-state index in [2.05, 4.69) is 24.0 Å². The predicted molar refractivity (Wildman–Crippen MR) is 143 cm³/mol. The molecule has 0 bridgehead atoms. The SMILES string of the molecule is C[C@@H](CC1(C[C@H](C)c2ccccc2)c2ccccc2-c2nc(C#N)c(C#N)nc21)C(=O)Oc1ccccc1. The third-order valence-corrected chi connectivity index (χ3v) is 7.30. The van der Waals surface area contributed by atoms with Crippen LogP contribution in [0.25, 0.3) is 11.3 Å². The van der Waals surface area contributed by atoms with Crippen molar-refractivity contribution < 1.29 is 9.53 Å². The smallest absolute Gasteiger partial charge is 0.314 e. The summed E-state index contributed by atoms with van der Waals surface area (Å²) in [4.78, 5) is 22.7. The van der Waals surface area contributed by atoms with Crippen LogP contribution in [0.1, 0.15) is 60.8 Å². The Balaban J connectivity index is 1.64. The maximum Gasteiger partial charge on any atom is 0.314 e. The van der Waals surface area contributed by atoms with Crippen LogP contribution < -0.4 is 4.74 Å². The highest BCUT2D eigenvalue weighted by molar-refractivity contribution is 5.79. The van der Waals surface area contributed by atoms with Crippen molar-refractivity contribution in [1.82, 2.24) is 9.97 Å². The number of esters is 1. The van der Waals surface area contributed by atoms with Gasteiger partial charge in [-0.3, -0.25) is 4.79 Å². The topological polar surface area (TPSA) is 99.7 Å². The van der Waals surface area contributed by atoms with Crippen molar-refractivity contribution in [3.8, 4) is 29.1 Å². The van der Waals surface area contributed by atoms with E-state index in [4.69, 9.17) is 9.72 Å². The summed E-state index contributed by atoms with van der Waals surface area (Å²) in [5, 5.41) is 19.4. The molecule has 3 aromatic carbocycles. The van der Waals surface area contributed by atoms with Gasteiger partial charge in [0.1, 0.15) is 17.9 Å². The molecule has 4 aromatic rings. The fourth-order valence-electron chi connectivity index (χ4n) is 5.58. The maximum absolute atomic E-state index is 13.3. The van der Waals surface area contributed by atoms with Crippen molar-refractivity contribution in [2.24, 2.45) is 5.92 Å². The number of benzene rings is 3. The normalized spacial score (nSPS) is 16.8. The molecule has 0 saturated carbocycles. The van der Waals surface area contributed by atoms with E-state index in [-0.39, 0.29) is 23.3 Å². The Morgan fingerprint density at radius 3 is 2.13 bits per heavy atom. The van der Waals surface area contributed by atoms with Gasteiger partial charge < -0.3 is 4.74 Å². The monoisotopic (exact) mass is 498 g/mol. The molecular formula is C32H26N4O2. The molecule has 1 aliphatic carbocycles. The lowest BCUT2D eigenvalue weighted by Crippen LogP contribution is -2.34. The second-order valence-corrected chi connectivity index (χ2v) is 9.82. The summed E-state index contributed by atoms with van der Waals surface area (Å²) in [5.74, 6) is -0.222. The molecule has 1 unspecified atom stereocenters. The van der Waals surface area contributed by atoms with Crippen LogP contribution in [0.5, 0.6) is 5.75 Å². The third-order valence-electron chi connectivity index (χ3n) is 7.30. The molecule has 6 nitrogen and oxygen atoms in total. The van der Waals surface area contributed by atoms with Gasteiger partial charge in [-0.15, -0.1) is 0 Å². The Kier molecular flexibility index (Phi) is 6.73. The van der Waals surface area contributed by atoms with E-state index in [1.807, 2.05) is 79.7 Å². The Morgan fingerprint density at radius 2 is 1.45 bits per heavy atom. The molecule has 186 valence electrons. The number of para-hydroxylation sites is 1. The number of nitrogens with zero attached hydrogens (tertiary/aromatic N) is 4. The van der Waals surface area contributed by atoms with Crippen molar-refractivity contribution in [2.75, 3.05) is 0 Å². The molecule has 5 rings (SSSR count). The van der Waals surface area contributed by atoms with E-state index in [0.717, 1.165) is 11.1 Å².